The predicted molar refractivity (Wildman–Crippen MR) is 78.9 cm³/mol. The maximum Gasteiger partial charge on any atom is 0.123 e. The van der Waals surface area contributed by atoms with Crippen molar-refractivity contribution in [1.29, 1.82) is 0 Å². The number of rotatable bonds is 3. The molecule has 3 aromatic heterocycles. The molecule has 3 rings (SSSR count). The van der Waals surface area contributed by atoms with Gasteiger partial charge in [-0.25, -0.2) is 4.98 Å². The molecule has 96 valence electrons. The molecule has 0 aromatic carbocycles. The minimum absolute atomic E-state index is 0.0826. The van der Waals surface area contributed by atoms with Crippen LogP contribution in [0.4, 0.5) is 5.82 Å². The molecule has 19 heavy (non-hydrogen) atoms. The number of hydrogen-bond donors (Lipinski definition) is 2. The van der Waals surface area contributed by atoms with Gasteiger partial charge >= 0.3 is 0 Å². The first-order valence-corrected chi connectivity index (χ1v) is 6.89. The minimum atomic E-state index is -0.0826. The Hall–Kier alpha value is -1.98. The number of pyridine rings is 2. The number of anilines is 1. The highest BCUT2D eigenvalue weighted by molar-refractivity contribution is 7.17. The lowest BCUT2D eigenvalue weighted by molar-refractivity contribution is 0.719. The van der Waals surface area contributed by atoms with E-state index < -0.39 is 0 Å². The molecule has 5 heteroatoms. The molecule has 0 aliphatic heterocycles. The fourth-order valence-electron chi connectivity index (χ4n) is 2.06. The van der Waals surface area contributed by atoms with Crippen molar-refractivity contribution in [2.75, 3.05) is 5.73 Å². The van der Waals surface area contributed by atoms with E-state index in [0.717, 1.165) is 23.1 Å². The average Bonchev–Trinajstić information content (AvgIpc) is 2.85. The van der Waals surface area contributed by atoms with Crippen LogP contribution >= 0.6 is 11.3 Å². The molecule has 0 saturated carbocycles. The molecular weight excluding hydrogens is 256 g/mol. The summed E-state index contributed by atoms with van der Waals surface area (Å²) in [5.41, 5.74) is 15.1. The second-order valence-corrected chi connectivity index (χ2v) is 5.42. The first-order chi connectivity index (χ1) is 9.22. The third-order valence-corrected chi connectivity index (χ3v) is 3.91. The zero-order valence-corrected chi connectivity index (χ0v) is 11.1. The van der Waals surface area contributed by atoms with Gasteiger partial charge < -0.3 is 11.5 Å². The van der Waals surface area contributed by atoms with E-state index in [9.17, 15) is 0 Å². The number of thiophene rings is 1. The Morgan fingerprint density at radius 1 is 1.21 bits per heavy atom. The summed E-state index contributed by atoms with van der Waals surface area (Å²) in [6, 6.07) is 7.84. The lowest BCUT2D eigenvalue weighted by atomic mass is 10.0. The van der Waals surface area contributed by atoms with Gasteiger partial charge in [0, 0.05) is 18.4 Å². The maximum atomic E-state index is 6.24. The Balaban J connectivity index is 1.84. The number of nitrogens with two attached hydrogens (primary N) is 2. The topological polar surface area (TPSA) is 77.8 Å². The SMILES string of the molecule is Nc1cc(CC(N)c2cnc3ccsc3c2)ccn1. The summed E-state index contributed by atoms with van der Waals surface area (Å²) in [6.07, 6.45) is 4.29. The molecule has 1 atom stereocenters. The van der Waals surface area contributed by atoms with Crippen molar-refractivity contribution in [2.24, 2.45) is 5.73 Å². The van der Waals surface area contributed by atoms with Crippen LogP contribution in [0.1, 0.15) is 17.2 Å². The van der Waals surface area contributed by atoms with Crippen LogP contribution in [0.2, 0.25) is 0 Å². The van der Waals surface area contributed by atoms with Crippen molar-refractivity contribution in [3.8, 4) is 0 Å². The standard InChI is InChI=1S/C14H14N4S/c15-11(5-9-1-3-17-14(16)6-9)10-7-13-12(18-8-10)2-4-19-13/h1-4,6-8,11H,5,15H2,(H2,16,17). The van der Waals surface area contributed by atoms with E-state index in [1.54, 1.807) is 17.5 Å². The lowest BCUT2D eigenvalue weighted by Gasteiger charge is -2.12. The number of fused-ring (bicyclic) bond motifs is 1. The van der Waals surface area contributed by atoms with Gasteiger partial charge in [-0.1, -0.05) is 0 Å². The Kier molecular flexibility index (Phi) is 3.15. The number of nitrogens with zero attached hydrogens (tertiary/aromatic N) is 2. The van der Waals surface area contributed by atoms with E-state index >= 15 is 0 Å². The molecule has 0 saturated heterocycles. The quantitative estimate of drug-likeness (QED) is 0.766. The first kappa shape index (κ1) is 12.1. The highest BCUT2D eigenvalue weighted by atomic mass is 32.1. The van der Waals surface area contributed by atoms with Gasteiger partial charge in [-0.15, -0.1) is 11.3 Å². The molecule has 0 amide bonds. The van der Waals surface area contributed by atoms with E-state index in [1.165, 1.54) is 4.70 Å². The summed E-state index contributed by atoms with van der Waals surface area (Å²) in [7, 11) is 0. The van der Waals surface area contributed by atoms with Gasteiger partial charge in [0.25, 0.3) is 0 Å². The Morgan fingerprint density at radius 3 is 2.95 bits per heavy atom. The van der Waals surface area contributed by atoms with Crippen molar-refractivity contribution >= 4 is 27.4 Å². The van der Waals surface area contributed by atoms with E-state index in [0.29, 0.717) is 5.82 Å². The highest BCUT2D eigenvalue weighted by Gasteiger charge is 2.09. The van der Waals surface area contributed by atoms with Gasteiger partial charge in [0.2, 0.25) is 0 Å². The molecule has 4 N–H and O–H groups in total. The fraction of sp³-hybridized carbons (Fsp3) is 0.143. The lowest BCUT2D eigenvalue weighted by Crippen LogP contribution is -2.13. The molecule has 0 fully saturated rings. The Labute approximate surface area is 115 Å². The van der Waals surface area contributed by atoms with Crippen molar-refractivity contribution < 1.29 is 0 Å². The van der Waals surface area contributed by atoms with Gasteiger partial charge in [-0.2, -0.15) is 0 Å². The Bertz CT molecular complexity index is 707. The third-order valence-electron chi connectivity index (χ3n) is 3.05. The van der Waals surface area contributed by atoms with Crippen LogP contribution in [0.5, 0.6) is 0 Å². The summed E-state index contributed by atoms with van der Waals surface area (Å²) < 4.78 is 1.17. The van der Waals surface area contributed by atoms with Crippen LogP contribution in [-0.4, -0.2) is 9.97 Å². The van der Waals surface area contributed by atoms with E-state index in [4.69, 9.17) is 11.5 Å². The molecule has 0 radical (unpaired) electrons. The van der Waals surface area contributed by atoms with Crippen LogP contribution in [0, 0.1) is 0 Å². The van der Waals surface area contributed by atoms with Crippen LogP contribution in [0.25, 0.3) is 10.2 Å². The molecule has 3 aromatic rings. The van der Waals surface area contributed by atoms with Crippen molar-refractivity contribution in [2.45, 2.75) is 12.5 Å². The van der Waals surface area contributed by atoms with Crippen LogP contribution < -0.4 is 11.5 Å². The Morgan fingerprint density at radius 2 is 2.11 bits per heavy atom. The average molecular weight is 270 g/mol. The second kappa shape index (κ2) is 4.95. The van der Waals surface area contributed by atoms with Gasteiger partial charge in [0.15, 0.2) is 0 Å². The van der Waals surface area contributed by atoms with Gasteiger partial charge in [-0.3, -0.25) is 4.98 Å². The summed E-state index contributed by atoms with van der Waals surface area (Å²) in [6.45, 7) is 0. The molecule has 3 heterocycles. The number of aromatic nitrogens is 2. The molecule has 0 bridgehead atoms. The van der Waals surface area contributed by atoms with Crippen molar-refractivity contribution in [3.05, 3.63) is 53.2 Å². The largest absolute Gasteiger partial charge is 0.384 e. The van der Waals surface area contributed by atoms with Gasteiger partial charge in [0.05, 0.1) is 10.2 Å². The predicted octanol–water partition coefficient (Wildman–Crippen LogP) is 2.52. The molecular formula is C14H14N4S. The maximum absolute atomic E-state index is 6.24. The molecule has 0 aliphatic rings. The first-order valence-electron chi connectivity index (χ1n) is 6.01. The van der Waals surface area contributed by atoms with Crippen molar-refractivity contribution in [1.82, 2.24) is 9.97 Å². The number of hydrogen-bond acceptors (Lipinski definition) is 5. The monoisotopic (exact) mass is 270 g/mol. The summed E-state index contributed by atoms with van der Waals surface area (Å²) in [4.78, 5) is 8.39. The van der Waals surface area contributed by atoms with Gasteiger partial charge in [0.1, 0.15) is 5.82 Å². The zero-order valence-electron chi connectivity index (χ0n) is 10.3. The van der Waals surface area contributed by atoms with E-state index in [-0.39, 0.29) is 6.04 Å². The van der Waals surface area contributed by atoms with E-state index in [1.807, 2.05) is 29.8 Å². The van der Waals surface area contributed by atoms with Crippen LogP contribution in [0.15, 0.2) is 42.0 Å². The number of nitrogen functional groups attached to an aromatic ring is 1. The molecule has 1 unspecified atom stereocenters. The fourth-order valence-corrected chi connectivity index (χ4v) is 2.85. The van der Waals surface area contributed by atoms with Gasteiger partial charge in [-0.05, 0) is 47.2 Å². The molecule has 4 nitrogen and oxygen atoms in total. The zero-order chi connectivity index (χ0) is 13.2. The minimum Gasteiger partial charge on any atom is -0.384 e. The molecule has 0 spiro atoms. The second-order valence-electron chi connectivity index (χ2n) is 4.47. The smallest absolute Gasteiger partial charge is 0.123 e. The highest BCUT2D eigenvalue weighted by Crippen LogP contribution is 2.23. The molecule has 0 aliphatic carbocycles. The third kappa shape index (κ3) is 2.57. The summed E-state index contributed by atoms with van der Waals surface area (Å²) >= 11 is 1.68. The normalized spacial score (nSPS) is 12.7. The van der Waals surface area contributed by atoms with Crippen LogP contribution in [-0.2, 0) is 6.42 Å². The van der Waals surface area contributed by atoms with Crippen LogP contribution in [0.3, 0.4) is 0 Å². The van der Waals surface area contributed by atoms with E-state index in [2.05, 4.69) is 16.0 Å². The van der Waals surface area contributed by atoms with Crippen molar-refractivity contribution in [3.63, 3.8) is 0 Å². The summed E-state index contributed by atoms with van der Waals surface area (Å²) in [5.74, 6) is 0.525. The summed E-state index contributed by atoms with van der Waals surface area (Å²) in [5, 5.41) is 2.04.